The Bertz CT molecular complexity index is 474. The molecular weight excluding hydrogens is 232 g/mol. The Morgan fingerprint density at radius 1 is 1.38 bits per heavy atom. The quantitative estimate of drug-likeness (QED) is 0.758. The summed E-state index contributed by atoms with van der Waals surface area (Å²) < 4.78 is 34.5. The lowest BCUT2D eigenvalue weighted by molar-refractivity contribution is 0.0943. The molecule has 0 spiro atoms. The van der Waals surface area contributed by atoms with Crippen molar-refractivity contribution < 1.29 is 17.9 Å². The van der Waals surface area contributed by atoms with Crippen LogP contribution in [0.2, 0.25) is 0 Å². The van der Waals surface area contributed by atoms with Crippen LogP contribution < -0.4 is 19.3 Å². The minimum absolute atomic E-state index is 0.0904. The first-order valence-corrected chi connectivity index (χ1v) is 6.25. The number of hydrogen-bond acceptors (Lipinski definition) is 4. The number of para-hydroxylation sites is 2. The van der Waals surface area contributed by atoms with Crippen LogP contribution in [0.5, 0.6) is 11.5 Å². The number of fused-ring (bicyclic) bond motifs is 1. The molecule has 0 aliphatic carbocycles. The van der Waals surface area contributed by atoms with E-state index in [9.17, 15) is 8.42 Å². The van der Waals surface area contributed by atoms with E-state index in [2.05, 4.69) is 4.72 Å². The molecule has 2 rings (SSSR count). The Labute approximate surface area is 93.5 Å². The monoisotopic (exact) mass is 244 g/mol. The topological polar surface area (TPSA) is 90.7 Å². The van der Waals surface area contributed by atoms with Gasteiger partial charge in [-0.15, -0.1) is 0 Å². The summed E-state index contributed by atoms with van der Waals surface area (Å²) in [5.74, 6) is 1.27. The van der Waals surface area contributed by atoms with Gasteiger partial charge in [-0.1, -0.05) is 12.1 Å². The maximum absolute atomic E-state index is 10.7. The van der Waals surface area contributed by atoms with Crippen LogP contribution >= 0.6 is 0 Å². The summed E-state index contributed by atoms with van der Waals surface area (Å²) in [6.07, 6.45) is -0.367. The summed E-state index contributed by atoms with van der Waals surface area (Å²) in [4.78, 5) is 0. The molecule has 0 unspecified atom stereocenters. The van der Waals surface area contributed by atoms with Crippen molar-refractivity contribution in [3.05, 3.63) is 24.3 Å². The smallest absolute Gasteiger partial charge is 0.274 e. The van der Waals surface area contributed by atoms with Crippen LogP contribution in [-0.4, -0.2) is 27.7 Å². The number of hydrogen-bond donors (Lipinski definition) is 2. The van der Waals surface area contributed by atoms with Gasteiger partial charge in [0.25, 0.3) is 10.2 Å². The van der Waals surface area contributed by atoms with Gasteiger partial charge in [0.1, 0.15) is 12.7 Å². The first-order chi connectivity index (χ1) is 7.54. The molecule has 0 radical (unpaired) electrons. The van der Waals surface area contributed by atoms with E-state index >= 15 is 0 Å². The van der Waals surface area contributed by atoms with E-state index in [-0.39, 0.29) is 12.6 Å². The zero-order valence-corrected chi connectivity index (χ0v) is 9.24. The third kappa shape index (κ3) is 2.84. The molecule has 1 atom stereocenters. The Balaban J connectivity index is 1.98. The van der Waals surface area contributed by atoms with Crippen molar-refractivity contribution in [2.75, 3.05) is 13.2 Å². The Kier molecular flexibility index (Phi) is 2.99. The molecular formula is C9H12N2O4S. The number of ether oxygens (including phenoxy) is 2. The van der Waals surface area contributed by atoms with Gasteiger partial charge in [0, 0.05) is 0 Å². The second-order valence-corrected chi connectivity index (χ2v) is 4.77. The van der Waals surface area contributed by atoms with E-state index in [1.165, 1.54) is 0 Å². The third-order valence-corrected chi connectivity index (χ3v) is 2.65. The predicted octanol–water partition coefficient (Wildman–Crippen LogP) is -0.380. The summed E-state index contributed by atoms with van der Waals surface area (Å²) in [7, 11) is -3.69. The zero-order chi connectivity index (χ0) is 11.6. The molecule has 0 bridgehead atoms. The van der Waals surface area contributed by atoms with E-state index in [1.807, 2.05) is 12.1 Å². The summed E-state index contributed by atoms with van der Waals surface area (Å²) in [5, 5.41) is 4.81. The number of benzene rings is 1. The molecule has 0 saturated carbocycles. The van der Waals surface area contributed by atoms with Gasteiger partial charge in [-0.3, -0.25) is 0 Å². The fourth-order valence-electron chi connectivity index (χ4n) is 1.37. The molecule has 1 aromatic rings. The molecule has 88 valence electrons. The normalized spacial score (nSPS) is 19.4. The lowest BCUT2D eigenvalue weighted by Crippen LogP contribution is -2.42. The highest BCUT2D eigenvalue weighted by Gasteiger charge is 2.21. The lowest BCUT2D eigenvalue weighted by atomic mass is 10.2. The molecule has 16 heavy (non-hydrogen) atoms. The van der Waals surface area contributed by atoms with Crippen LogP contribution in [-0.2, 0) is 10.2 Å². The van der Waals surface area contributed by atoms with Gasteiger partial charge < -0.3 is 9.47 Å². The van der Waals surface area contributed by atoms with E-state index in [4.69, 9.17) is 14.6 Å². The van der Waals surface area contributed by atoms with Gasteiger partial charge >= 0.3 is 0 Å². The van der Waals surface area contributed by atoms with E-state index in [0.717, 1.165) is 0 Å². The van der Waals surface area contributed by atoms with Crippen molar-refractivity contribution in [1.29, 1.82) is 0 Å². The Morgan fingerprint density at radius 3 is 2.75 bits per heavy atom. The molecule has 3 N–H and O–H groups in total. The van der Waals surface area contributed by atoms with Gasteiger partial charge in [0.15, 0.2) is 11.5 Å². The summed E-state index contributed by atoms with van der Waals surface area (Å²) in [6, 6.07) is 7.21. The highest BCUT2D eigenvalue weighted by molar-refractivity contribution is 7.87. The minimum Gasteiger partial charge on any atom is -0.486 e. The van der Waals surface area contributed by atoms with Gasteiger partial charge in [-0.2, -0.15) is 13.1 Å². The van der Waals surface area contributed by atoms with E-state index < -0.39 is 10.2 Å². The maximum atomic E-state index is 10.7. The summed E-state index contributed by atoms with van der Waals surface area (Å²) in [6.45, 7) is 0.382. The van der Waals surface area contributed by atoms with Gasteiger partial charge in [-0.05, 0) is 12.1 Å². The number of nitrogens with two attached hydrogens (primary N) is 1. The molecule has 0 aromatic heterocycles. The Morgan fingerprint density at radius 2 is 2.06 bits per heavy atom. The molecule has 1 heterocycles. The zero-order valence-electron chi connectivity index (χ0n) is 8.42. The fourth-order valence-corrected chi connectivity index (χ4v) is 1.79. The average molecular weight is 244 g/mol. The van der Waals surface area contributed by atoms with Crippen LogP contribution in [0.1, 0.15) is 0 Å². The van der Waals surface area contributed by atoms with Crippen molar-refractivity contribution in [3.63, 3.8) is 0 Å². The molecule has 1 aliphatic heterocycles. The van der Waals surface area contributed by atoms with Gasteiger partial charge in [-0.25, -0.2) is 5.14 Å². The van der Waals surface area contributed by atoms with Crippen LogP contribution in [0.15, 0.2) is 24.3 Å². The van der Waals surface area contributed by atoms with Gasteiger partial charge in [0.05, 0.1) is 6.54 Å². The molecule has 7 heteroatoms. The largest absolute Gasteiger partial charge is 0.486 e. The van der Waals surface area contributed by atoms with Crippen molar-refractivity contribution in [1.82, 2.24) is 4.72 Å². The number of rotatable bonds is 3. The molecule has 6 nitrogen and oxygen atoms in total. The van der Waals surface area contributed by atoms with E-state index in [1.54, 1.807) is 12.1 Å². The maximum Gasteiger partial charge on any atom is 0.274 e. The highest BCUT2D eigenvalue weighted by Crippen LogP contribution is 2.30. The summed E-state index contributed by atoms with van der Waals surface area (Å²) >= 11 is 0. The first-order valence-electron chi connectivity index (χ1n) is 4.70. The Hall–Kier alpha value is -1.31. The van der Waals surface area contributed by atoms with Crippen molar-refractivity contribution in [3.8, 4) is 11.5 Å². The predicted molar refractivity (Wildman–Crippen MR) is 57.5 cm³/mol. The average Bonchev–Trinajstić information content (AvgIpc) is 2.25. The second kappa shape index (κ2) is 4.28. The van der Waals surface area contributed by atoms with Crippen LogP contribution in [0.25, 0.3) is 0 Å². The minimum atomic E-state index is -3.69. The molecule has 0 saturated heterocycles. The van der Waals surface area contributed by atoms with Crippen LogP contribution in [0, 0.1) is 0 Å². The second-order valence-electron chi connectivity index (χ2n) is 3.39. The van der Waals surface area contributed by atoms with Gasteiger partial charge in [0.2, 0.25) is 0 Å². The molecule has 1 aliphatic rings. The van der Waals surface area contributed by atoms with Crippen LogP contribution in [0.4, 0.5) is 0 Å². The van der Waals surface area contributed by atoms with Crippen molar-refractivity contribution >= 4 is 10.2 Å². The number of nitrogens with one attached hydrogen (secondary N) is 1. The SMILES string of the molecule is NS(=O)(=O)NC[C@H]1COc2ccccc2O1. The highest BCUT2D eigenvalue weighted by atomic mass is 32.2. The van der Waals surface area contributed by atoms with Crippen molar-refractivity contribution in [2.45, 2.75) is 6.10 Å². The summed E-state index contributed by atoms with van der Waals surface area (Å²) in [5.41, 5.74) is 0. The van der Waals surface area contributed by atoms with E-state index in [0.29, 0.717) is 18.1 Å². The molecule has 0 fully saturated rings. The molecule has 1 aromatic carbocycles. The van der Waals surface area contributed by atoms with Crippen molar-refractivity contribution in [2.24, 2.45) is 5.14 Å². The fraction of sp³-hybridized carbons (Fsp3) is 0.333. The van der Waals surface area contributed by atoms with Crippen LogP contribution in [0.3, 0.4) is 0 Å². The molecule has 0 amide bonds. The standard InChI is InChI=1S/C9H12N2O4S/c10-16(12,13)11-5-7-6-14-8-3-1-2-4-9(8)15-7/h1-4,7,11H,5-6H2,(H2,10,12,13)/t7-/m0/s1. The lowest BCUT2D eigenvalue weighted by Gasteiger charge is -2.26. The first kappa shape index (κ1) is 11.2. The third-order valence-electron chi connectivity index (χ3n) is 2.08.